The minimum atomic E-state index is -2.60. The fraction of sp³-hybridized carbons (Fsp3) is 0.400. The van der Waals surface area contributed by atoms with Gasteiger partial charge in [0.1, 0.15) is 5.69 Å². The molecule has 1 saturated carbocycles. The van der Waals surface area contributed by atoms with Crippen LogP contribution >= 0.6 is 0 Å². The Morgan fingerprint density at radius 2 is 1.72 bits per heavy atom. The fourth-order valence-corrected chi connectivity index (χ4v) is 4.94. The summed E-state index contributed by atoms with van der Waals surface area (Å²) in [6.07, 6.45) is 1.30. The van der Waals surface area contributed by atoms with Crippen LogP contribution in [0.1, 0.15) is 46.7 Å². The van der Waals surface area contributed by atoms with Crippen molar-refractivity contribution in [1.82, 2.24) is 20.2 Å². The highest BCUT2D eigenvalue weighted by atomic mass is 19.3. The molecule has 7 nitrogen and oxygen atoms in total. The van der Waals surface area contributed by atoms with Crippen LogP contribution in [0, 0.1) is 11.8 Å². The number of morpholine rings is 1. The Bertz CT molecular complexity index is 1370. The molecule has 1 aliphatic heterocycles. The minimum Gasteiger partial charge on any atom is -0.588 e. The van der Waals surface area contributed by atoms with Gasteiger partial charge in [0, 0.05) is 68.5 Å². The summed E-state index contributed by atoms with van der Waals surface area (Å²) in [5.41, 5.74) is 3.90. The summed E-state index contributed by atoms with van der Waals surface area (Å²) < 4.78 is 32.0. The first-order chi connectivity index (χ1) is 18.8. The number of nitrogens with one attached hydrogen (secondary N) is 2. The van der Waals surface area contributed by atoms with Crippen LogP contribution in [0.2, 0.25) is 0 Å². The fourth-order valence-electron chi connectivity index (χ4n) is 4.94. The smallest absolute Gasteiger partial charge is 0.346 e. The third-order valence-electron chi connectivity index (χ3n) is 7.31. The number of benzene rings is 2. The van der Waals surface area contributed by atoms with Crippen molar-refractivity contribution >= 4 is 0 Å². The van der Waals surface area contributed by atoms with Crippen molar-refractivity contribution in [3.8, 4) is 17.6 Å². The van der Waals surface area contributed by atoms with E-state index in [1.807, 2.05) is 36.4 Å². The molecule has 0 radical (unpaired) electrons. The van der Waals surface area contributed by atoms with E-state index < -0.39 is 11.5 Å². The molecule has 1 atom stereocenters. The van der Waals surface area contributed by atoms with Gasteiger partial charge in [0.15, 0.2) is 0 Å². The normalized spacial score (nSPS) is 18.1. The number of aromatic nitrogens is 2. The first-order valence-electron chi connectivity index (χ1n) is 13.2. The number of hydrogen-bond donors (Lipinski definition) is 2. The van der Waals surface area contributed by atoms with Crippen molar-refractivity contribution in [2.24, 2.45) is 0 Å². The van der Waals surface area contributed by atoms with Crippen LogP contribution in [0.3, 0.4) is 0 Å². The lowest BCUT2D eigenvalue weighted by Crippen LogP contribution is -2.49. The van der Waals surface area contributed by atoms with E-state index in [0.29, 0.717) is 18.7 Å². The number of nitrogens with zero attached hydrogens (tertiary/aromatic N) is 2. The maximum Gasteiger partial charge on any atom is 0.346 e. The highest BCUT2D eigenvalue weighted by molar-refractivity contribution is 5.44. The maximum absolute atomic E-state index is 13.3. The molecule has 0 spiro atoms. The van der Waals surface area contributed by atoms with Gasteiger partial charge in [0.05, 0.1) is 19.5 Å². The number of alkyl halides is 2. The van der Waals surface area contributed by atoms with E-state index in [4.69, 9.17) is 9.84 Å². The quantitative estimate of drug-likeness (QED) is 0.342. The molecule has 2 aliphatic rings. The second kappa shape index (κ2) is 12.1. The number of H-pyrrole nitrogens is 1. The Kier molecular flexibility index (Phi) is 8.36. The summed E-state index contributed by atoms with van der Waals surface area (Å²) in [6, 6.07) is 15.9. The zero-order chi connectivity index (χ0) is 27.2. The SMILES string of the molecule is O=c1[nH]cnc(CC(CNC2CC(F)(F)C2)c2ccc(C#Cc3ccc(CN4CCOCC4)cc3)cc2)c1[OH2+]. The van der Waals surface area contributed by atoms with E-state index in [-0.39, 0.29) is 30.6 Å². The molecule has 0 amide bonds. The van der Waals surface area contributed by atoms with Gasteiger partial charge in [0.2, 0.25) is 0 Å². The van der Waals surface area contributed by atoms with Gasteiger partial charge in [-0.1, -0.05) is 36.1 Å². The molecule has 1 aromatic heterocycles. The zero-order valence-corrected chi connectivity index (χ0v) is 21.7. The summed E-state index contributed by atoms with van der Waals surface area (Å²) in [7, 11) is 0. The van der Waals surface area contributed by atoms with Crippen molar-refractivity contribution in [3.05, 3.63) is 93.2 Å². The Labute approximate surface area is 226 Å². The Balaban J connectivity index is 1.24. The summed E-state index contributed by atoms with van der Waals surface area (Å²) in [6.45, 7) is 4.83. The standard InChI is InChI=1S/C30H32F2N4O3/c31-30(32)16-26(17-30)33-18-25(15-27-28(37)29(38)35-20-34-27)24-9-7-22(8-10-24)2-1-21-3-5-23(6-4-21)19-36-11-13-39-14-12-36/h3-10,20,25-26,33,37H,11-19H2,(H,34,35,38)/p+1. The average Bonchev–Trinajstić information content (AvgIpc) is 2.93. The summed E-state index contributed by atoms with van der Waals surface area (Å²) in [4.78, 5) is 20.9. The lowest BCUT2D eigenvalue weighted by molar-refractivity contribution is -0.0927. The van der Waals surface area contributed by atoms with Gasteiger partial charge in [-0.15, -0.1) is 0 Å². The molecule has 4 N–H and O–H groups in total. The van der Waals surface area contributed by atoms with Crippen molar-refractivity contribution in [1.29, 1.82) is 0 Å². The van der Waals surface area contributed by atoms with E-state index in [1.165, 1.54) is 11.9 Å². The van der Waals surface area contributed by atoms with Gasteiger partial charge in [-0.05, 0) is 35.4 Å². The molecule has 1 aliphatic carbocycles. The monoisotopic (exact) mass is 535 g/mol. The molecule has 2 heterocycles. The second-order valence-corrected chi connectivity index (χ2v) is 10.3. The van der Waals surface area contributed by atoms with Crippen LogP contribution in [0.15, 0.2) is 59.7 Å². The Morgan fingerprint density at radius 3 is 2.36 bits per heavy atom. The van der Waals surface area contributed by atoms with Gasteiger partial charge in [-0.25, -0.2) is 13.8 Å². The molecule has 2 fully saturated rings. The maximum atomic E-state index is 13.3. The third kappa shape index (κ3) is 7.30. The van der Waals surface area contributed by atoms with Crippen LogP contribution in [0.4, 0.5) is 8.78 Å². The molecule has 3 aromatic rings. The van der Waals surface area contributed by atoms with Crippen LogP contribution < -0.4 is 10.9 Å². The predicted octanol–water partition coefficient (Wildman–Crippen LogP) is 3.15. The molecule has 39 heavy (non-hydrogen) atoms. The minimum absolute atomic E-state index is 0.140. The third-order valence-corrected chi connectivity index (χ3v) is 7.31. The summed E-state index contributed by atoms with van der Waals surface area (Å²) >= 11 is 0. The highest BCUT2D eigenvalue weighted by Gasteiger charge is 2.45. The molecule has 1 unspecified atom stereocenters. The molecular weight excluding hydrogens is 502 g/mol. The molecule has 5 rings (SSSR count). The van der Waals surface area contributed by atoms with Crippen LogP contribution in [-0.4, -0.2) is 64.8 Å². The number of halogens is 2. The van der Waals surface area contributed by atoms with Gasteiger partial charge in [0.25, 0.3) is 5.92 Å². The van der Waals surface area contributed by atoms with E-state index >= 15 is 0 Å². The Hall–Kier alpha value is -3.58. The number of ether oxygens (including phenoxy) is 1. The summed E-state index contributed by atoms with van der Waals surface area (Å²) in [5.74, 6) is 3.52. The second-order valence-electron chi connectivity index (χ2n) is 10.3. The molecule has 0 bridgehead atoms. The number of rotatable bonds is 8. The first-order valence-corrected chi connectivity index (χ1v) is 13.2. The van der Waals surface area contributed by atoms with Gasteiger partial charge in [-0.2, -0.15) is 0 Å². The molecule has 204 valence electrons. The van der Waals surface area contributed by atoms with Crippen molar-refractivity contribution in [2.75, 3.05) is 32.8 Å². The van der Waals surface area contributed by atoms with E-state index in [1.54, 1.807) is 0 Å². The first kappa shape index (κ1) is 27.0. The van der Waals surface area contributed by atoms with Crippen LogP contribution in [-0.2, 0) is 17.7 Å². The highest BCUT2D eigenvalue weighted by Crippen LogP contribution is 2.37. The number of hydrogen-bond acceptors (Lipinski definition) is 5. The number of aromatic amines is 1. The molecule has 2 aromatic carbocycles. The van der Waals surface area contributed by atoms with E-state index in [9.17, 15) is 13.6 Å². The lowest BCUT2D eigenvalue weighted by atomic mass is 9.86. The van der Waals surface area contributed by atoms with Crippen LogP contribution in [0.25, 0.3) is 0 Å². The summed E-state index contributed by atoms with van der Waals surface area (Å²) in [5, 5.41) is 11.3. The predicted molar refractivity (Wildman–Crippen MR) is 145 cm³/mol. The topological polar surface area (TPSA) is 93.2 Å². The largest absolute Gasteiger partial charge is 0.588 e. The van der Waals surface area contributed by atoms with Crippen LogP contribution in [0.5, 0.6) is 5.75 Å². The molecular formula is C30H33F2N4O3+. The van der Waals surface area contributed by atoms with Gasteiger partial charge in [-0.3, -0.25) is 9.69 Å². The molecule has 1 saturated heterocycles. The van der Waals surface area contributed by atoms with Crippen molar-refractivity contribution in [3.63, 3.8) is 0 Å². The Morgan fingerprint density at radius 1 is 1.08 bits per heavy atom. The average molecular weight is 536 g/mol. The van der Waals surface area contributed by atoms with Crippen molar-refractivity contribution < 1.29 is 18.6 Å². The van der Waals surface area contributed by atoms with Gasteiger partial charge >= 0.3 is 11.3 Å². The van der Waals surface area contributed by atoms with E-state index in [2.05, 4.69) is 44.2 Å². The van der Waals surface area contributed by atoms with Crippen molar-refractivity contribution in [2.45, 2.75) is 43.7 Å². The zero-order valence-electron chi connectivity index (χ0n) is 21.7. The lowest BCUT2D eigenvalue weighted by Gasteiger charge is -2.36. The van der Waals surface area contributed by atoms with E-state index in [0.717, 1.165) is 49.5 Å². The molecule has 9 heteroatoms. The van der Waals surface area contributed by atoms with Gasteiger partial charge < -0.3 is 20.1 Å².